The van der Waals surface area contributed by atoms with Crippen LogP contribution in [-0.2, 0) is 9.47 Å². The molecule has 30 heavy (non-hydrogen) atoms. The van der Waals surface area contributed by atoms with Crippen LogP contribution in [0, 0.1) is 11.8 Å². The molecule has 0 saturated carbocycles. The third kappa shape index (κ3) is 4.35. The summed E-state index contributed by atoms with van der Waals surface area (Å²) in [7, 11) is 1.42. The van der Waals surface area contributed by atoms with E-state index in [0.717, 1.165) is 37.2 Å². The molecule has 3 aliphatic rings. The molecule has 0 amide bonds. The van der Waals surface area contributed by atoms with Crippen molar-refractivity contribution in [3.63, 3.8) is 0 Å². The number of hydrogen-bond acceptors (Lipinski definition) is 4. The quantitative estimate of drug-likeness (QED) is 0.686. The number of esters is 1. The maximum atomic E-state index is 12.1. The number of carbonyl (C=O) groups is 1. The predicted molar refractivity (Wildman–Crippen MR) is 111 cm³/mol. The average molecular weight is 438 g/mol. The van der Waals surface area contributed by atoms with E-state index in [1.807, 2.05) is 12.1 Å². The molecule has 0 radical (unpaired) electrons. The van der Waals surface area contributed by atoms with Crippen LogP contribution in [0.25, 0.3) is 0 Å². The molecule has 3 heterocycles. The smallest absolute Gasteiger partial charge is 0.337 e. The highest BCUT2D eigenvalue weighted by Crippen LogP contribution is 2.53. The van der Waals surface area contributed by atoms with Crippen molar-refractivity contribution < 1.29 is 36.7 Å². The van der Waals surface area contributed by atoms with Gasteiger partial charge >= 0.3 is 5.97 Å². The van der Waals surface area contributed by atoms with E-state index < -0.39 is 0 Å². The minimum Gasteiger partial charge on any atom is -1.00 e. The van der Waals surface area contributed by atoms with Crippen molar-refractivity contribution in [2.45, 2.75) is 76.5 Å². The van der Waals surface area contributed by atoms with E-state index in [1.54, 1.807) is 6.07 Å². The SMILES string of the molecule is COC(=O)c1ccc2c(c1)[C@@H]1OC[C@]3(CCC[NH2+]3)C[C@H]1[C@@](C)(CCCC(C)C)O2.[Cl-]. The van der Waals surface area contributed by atoms with Crippen LogP contribution in [-0.4, -0.2) is 37.4 Å². The van der Waals surface area contributed by atoms with Crippen LogP contribution in [0.5, 0.6) is 5.75 Å². The Morgan fingerprint density at radius 1 is 1.37 bits per heavy atom. The van der Waals surface area contributed by atoms with Gasteiger partial charge in [0.2, 0.25) is 0 Å². The molecule has 0 bridgehead atoms. The molecule has 168 valence electrons. The monoisotopic (exact) mass is 437 g/mol. The zero-order valence-corrected chi connectivity index (χ0v) is 19.5. The molecular formula is C24H36ClNO4. The number of rotatable bonds is 5. The molecular weight excluding hydrogens is 402 g/mol. The number of fused-ring (bicyclic) bond motifs is 3. The Morgan fingerprint density at radius 2 is 2.17 bits per heavy atom. The van der Waals surface area contributed by atoms with E-state index in [9.17, 15) is 4.79 Å². The van der Waals surface area contributed by atoms with Crippen molar-refractivity contribution >= 4 is 5.97 Å². The van der Waals surface area contributed by atoms with Gasteiger partial charge < -0.3 is 31.9 Å². The number of ether oxygens (including phenoxy) is 3. The average Bonchev–Trinajstić information content (AvgIpc) is 3.15. The lowest BCUT2D eigenvalue weighted by molar-refractivity contribution is -0.716. The minimum atomic E-state index is -0.314. The van der Waals surface area contributed by atoms with Gasteiger partial charge in [0.25, 0.3) is 0 Å². The fraction of sp³-hybridized carbons (Fsp3) is 0.708. The van der Waals surface area contributed by atoms with Gasteiger partial charge in [0.1, 0.15) is 23.5 Å². The Kier molecular flexibility index (Phi) is 7.05. The van der Waals surface area contributed by atoms with Gasteiger partial charge in [-0.15, -0.1) is 0 Å². The summed E-state index contributed by atoms with van der Waals surface area (Å²) < 4.78 is 18.2. The third-order valence-corrected chi connectivity index (χ3v) is 7.32. The lowest BCUT2D eigenvalue weighted by Gasteiger charge is -2.52. The second-order valence-corrected chi connectivity index (χ2v) is 9.95. The second kappa shape index (κ2) is 9.05. The number of carbonyl (C=O) groups excluding carboxylic acids is 1. The minimum absolute atomic E-state index is 0. The van der Waals surface area contributed by atoms with Crippen LogP contribution >= 0.6 is 0 Å². The summed E-state index contributed by atoms with van der Waals surface area (Å²) >= 11 is 0. The van der Waals surface area contributed by atoms with Gasteiger partial charge in [-0.2, -0.15) is 0 Å². The molecule has 0 aliphatic carbocycles. The van der Waals surface area contributed by atoms with E-state index in [1.165, 1.54) is 32.9 Å². The standard InChI is InChI=1S/C24H35NO4.ClH/c1-16(2)7-5-10-23(3)19-14-24(11-6-12-25-24)15-28-21(19)18-13-17(22(26)27-4)8-9-20(18)29-23;/h8-9,13,16,19,21,25H,5-7,10-12,14-15H2,1-4H3;1H/t19-,21+,23-,24+;/m1./s1. The zero-order valence-electron chi connectivity index (χ0n) is 18.7. The molecule has 0 aromatic heterocycles. The largest absolute Gasteiger partial charge is 1.00 e. The molecule has 1 aromatic carbocycles. The normalized spacial score (nSPS) is 32.2. The summed E-state index contributed by atoms with van der Waals surface area (Å²) in [4.78, 5) is 12.1. The summed E-state index contributed by atoms with van der Waals surface area (Å²) in [5, 5.41) is 2.50. The highest BCUT2D eigenvalue weighted by molar-refractivity contribution is 5.89. The zero-order chi connectivity index (χ0) is 20.6. The Labute approximate surface area is 186 Å². The molecule has 2 fully saturated rings. The number of methoxy groups -OCH3 is 1. The van der Waals surface area contributed by atoms with Crippen LogP contribution in [0.15, 0.2) is 18.2 Å². The molecule has 4 rings (SSSR count). The molecule has 5 nitrogen and oxygen atoms in total. The summed E-state index contributed by atoms with van der Waals surface area (Å²) in [6.07, 6.45) is 6.96. The van der Waals surface area contributed by atoms with E-state index in [2.05, 4.69) is 26.1 Å². The lowest BCUT2D eigenvalue weighted by Crippen LogP contribution is -3.00. The third-order valence-electron chi connectivity index (χ3n) is 7.32. The summed E-state index contributed by atoms with van der Waals surface area (Å²) in [6.45, 7) is 8.80. The Balaban J connectivity index is 0.00000256. The Hall–Kier alpha value is -1.30. The second-order valence-electron chi connectivity index (χ2n) is 9.95. The molecule has 3 aliphatic heterocycles. The molecule has 2 N–H and O–H groups in total. The highest BCUT2D eigenvalue weighted by atomic mass is 35.5. The number of hydrogen-bond donors (Lipinski definition) is 1. The number of halogens is 1. The fourth-order valence-electron chi connectivity index (χ4n) is 5.63. The van der Waals surface area contributed by atoms with Gasteiger partial charge in [-0.3, -0.25) is 0 Å². The van der Waals surface area contributed by atoms with E-state index in [4.69, 9.17) is 14.2 Å². The summed E-state index contributed by atoms with van der Waals surface area (Å²) in [5.41, 5.74) is 1.52. The van der Waals surface area contributed by atoms with Crippen LogP contribution in [0.1, 0.15) is 81.3 Å². The van der Waals surface area contributed by atoms with Crippen LogP contribution in [0.2, 0.25) is 0 Å². The number of nitrogens with two attached hydrogens (primary N) is 1. The first kappa shape index (κ1) is 23.4. The topological polar surface area (TPSA) is 61.4 Å². The molecule has 6 heteroatoms. The van der Waals surface area contributed by atoms with Crippen molar-refractivity contribution in [1.29, 1.82) is 0 Å². The molecule has 0 unspecified atom stereocenters. The van der Waals surface area contributed by atoms with Gasteiger partial charge in [0.05, 0.1) is 25.3 Å². The summed E-state index contributed by atoms with van der Waals surface area (Å²) in [6, 6.07) is 5.64. The maximum absolute atomic E-state index is 12.1. The molecule has 1 spiro atoms. The van der Waals surface area contributed by atoms with Crippen molar-refractivity contribution in [2.75, 3.05) is 20.3 Å². The Bertz CT molecular complexity index is 762. The van der Waals surface area contributed by atoms with Gasteiger partial charge in [-0.1, -0.05) is 20.3 Å². The number of quaternary nitrogens is 1. The molecule has 1 aromatic rings. The van der Waals surface area contributed by atoms with Crippen molar-refractivity contribution in [2.24, 2.45) is 11.8 Å². The molecule has 4 atom stereocenters. The number of benzene rings is 1. The van der Waals surface area contributed by atoms with Crippen molar-refractivity contribution in [1.82, 2.24) is 0 Å². The first-order valence-electron chi connectivity index (χ1n) is 11.2. The van der Waals surface area contributed by atoms with Gasteiger partial charge in [-0.05, 0) is 43.9 Å². The van der Waals surface area contributed by atoms with Gasteiger partial charge in [-0.25, -0.2) is 4.79 Å². The van der Waals surface area contributed by atoms with Crippen molar-refractivity contribution in [3.8, 4) is 5.75 Å². The van der Waals surface area contributed by atoms with E-state index in [0.29, 0.717) is 11.5 Å². The first-order valence-corrected chi connectivity index (χ1v) is 11.2. The Morgan fingerprint density at radius 3 is 2.83 bits per heavy atom. The van der Waals surface area contributed by atoms with Crippen LogP contribution in [0.3, 0.4) is 0 Å². The highest BCUT2D eigenvalue weighted by Gasteiger charge is 2.56. The fourth-order valence-corrected chi connectivity index (χ4v) is 5.63. The summed E-state index contributed by atoms with van der Waals surface area (Å²) in [5.74, 6) is 1.53. The van der Waals surface area contributed by atoms with Gasteiger partial charge in [0, 0.05) is 30.7 Å². The van der Waals surface area contributed by atoms with Crippen molar-refractivity contribution in [3.05, 3.63) is 29.3 Å². The van der Waals surface area contributed by atoms with Crippen LogP contribution < -0.4 is 22.5 Å². The van der Waals surface area contributed by atoms with E-state index in [-0.39, 0.29) is 41.5 Å². The molecule has 2 saturated heterocycles. The van der Waals surface area contributed by atoms with Gasteiger partial charge in [0.15, 0.2) is 0 Å². The van der Waals surface area contributed by atoms with Crippen LogP contribution in [0.4, 0.5) is 0 Å². The lowest BCUT2D eigenvalue weighted by atomic mass is 9.68. The van der Waals surface area contributed by atoms with E-state index >= 15 is 0 Å². The first-order chi connectivity index (χ1) is 13.9. The predicted octanol–water partition coefficient (Wildman–Crippen LogP) is 0.628. The maximum Gasteiger partial charge on any atom is 0.337 e.